The number of nitrogens with zero attached hydrogens (tertiary/aromatic N) is 1. The van der Waals surface area contributed by atoms with Gasteiger partial charge in [-0.05, 0) is 19.4 Å². The Labute approximate surface area is 93.6 Å². The Bertz CT molecular complexity index is 336. The van der Waals surface area contributed by atoms with Crippen LogP contribution in [-0.2, 0) is 4.74 Å². The van der Waals surface area contributed by atoms with E-state index >= 15 is 0 Å². The summed E-state index contributed by atoms with van der Waals surface area (Å²) in [5.74, 6) is 0.564. The Morgan fingerprint density at radius 1 is 1.57 bits per heavy atom. The average Bonchev–Trinajstić information content (AvgIpc) is 2.52. The van der Waals surface area contributed by atoms with E-state index in [0.717, 1.165) is 6.42 Å². The lowest BCUT2D eigenvalue weighted by Crippen LogP contribution is -1.96. The van der Waals surface area contributed by atoms with E-state index in [1.54, 1.807) is 13.0 Å². The van der Waals surface area contributed by atoms with Crippen LogP contribution in [-0.4, -0.2) is 5.71 Å². The molecule has 0 radical (unpaired) electrons. The minimum atomic E-state index is 0.452. The van der Waals surface area contributed by atoms with Crippen LogP contribution in [0.3, 0.4) is 0 Å². The van der Waals surface area contributed by atoms with Crippen LogP contribution in [0.1, 0.15) is 20.3 Å². The molecule has 0 atom stereocenters. The first-order valence-electron chi connectivity index (χ1n) is 4.29. The zero-order valence-corrected chi connectivity index (χ0v) is 9.56. The van der Waals surface area contributed by atoms with E-state index in [1.807, 2.05) is 13.0 Å². The summed E-state index contributed by atoms with van der Waals surface area (Å²) in [5.41, 5.74) is 0.659. The molecule has 4 heteroatoms. The van der Waals surface area contributed by atoms with E-state index in [9.17, 15) is 0 Å². The Morgan fingerprint density at radius 2 is 2.29 bits per heavy atom. The molecule has 1 rings (SSSR count). The second kappa shape index (κ2) is 5.23. The molecule has 0 N–H and O–H groups in total. The van der Waals surface area contributed by atoms with E-state index in [4.69, 9.17) is 27.9 Å². The maximum Gasteiger partial charge on any atom is 0.166 e. The van der Waals surface area contributed by atoms with Crippen LogP contribution in [0, 0.1) is 0 Å². The molecular formula is C10H11Cl2NO. The maximum atomic E-state index is 5.85. The van der Waals surface area contributed by atoms with Crippen molar-refractivity contribution in [1.82, 2.24) is 0 Å². The van der Waals surface area contributed by atoms with Gasteiger partial charge in [0.1, 0.15) is 10.9 Å². The summed E-state index contributed by atoms with van der Waals surface area (Å²) in [6.45, 7) is 3.74. The van der Waals surface area contributed by atoms with Crippen molar-refractivity contribution in [3.63, 3.8) is 0 Å². The molecular weight excluding hydrogens is 221 g/mol. The third-order valence-corrected chi connectivity index (χ3v) is 1.97. The van der Waals surface area contributed by atoms with E-state index in [0.29, 0.717) is 21.7 Å². The molecule has 0 aromatic heterocycles. The number of aliphatic imine (C=N–C) groups is 1. The Hall–Kier alpha value is -0.730. The van der Waals surface area contributed by atoms with E-state index < -0.39 is 0 Å². The number of ether oxygens (including phenoxy) is 1. The minimum absolute atomic E-state index is 0.452. The van der Waals surface area contributed by atoms with Gasteiger partial charge in [-0.3, -0.25) is 0 Å². The molecule has 0 aliphatic carbocycles. The molecule has 0 bridgehead atoms. The molecule has 0 saturated heterocycles. The van der Waals surface area contributed by atoms with Gasteiger partial charge in [-0.2, -0.15) is 0 Å². The summed E-state index contributed by atoms with van der Waals surface area (Å²) in [6.07, 6.45) is 5.93. The SMILES string of the molecule is CC/C=C(Cl)/N=C1/C=CO/C1=C(/C)Cl. The summed E-state index contributed by atoms with van der Waals surface area (Å²) in [6, 6.07) is 0. The summed E-state index contributed by atoms with van der Waals surface area (Å²) in [7, 11) is 0. The van der Waals surface area contributed by atoms with Gasteiger partial charge in [0.25, 0.3) is 0 Å². The maximum absolute atomic E-state index is 5.85. The summed E-state index contributed by atoms with van der Waals surface area (Å²) >= 11 is 11.7. The van der Waals surface area contributed by atoms with Gasteiger partial charge in [0.05, 0.1) is 11.3 Å². The van der Waals surface area contributed by atoms with Crippen molar-refractivity contribution in [2.24, 2.45) is 4.99 Å². The van der Waals surface area contributed by atoms with Crippen LogP contribution >= 0.6 is 23.2 Å². The molecule has 1 aliphatic rings. The van der Waals surface area contributed by atoms with Crippen molar-refractivity contribution in [3.8, 4) is 0 Å². The number of halogens is 2. The Balaban J connectivity index is 2.93. The predicted octanol–water partition coefficient (Wildman–Crippen LogP) is 3.93. The van der Waals surface area contributed by atoms with Crippen LogP contribution in [0.4, 0.5) is 0 Å². The van der Waals surface area contributed by atoms with Crippen LogP contribution in [0.15, 0.2) is 39.4 Å². The molecule has 0 fully saturated rings. The average molecular weight is 232 g/mol. The summed E-state index contributed by atoms with van der Waals surface area (Å²) in [5, 5.41) is 1.02. The fourth-order valence-electron chi connectivity index (χ4n) is 0.977. The fourth-order valence-corrected chi connectivity index (χ4v) is 1.36. The molecule has 1 aliphatic heterocycles. The van der Waals surface area contributed by atoms with Crippen molar-refractivity contribution in [1.29, 1.82) is 0 Å². The van der Waals surface area contributed by atoms with Gasteiger partial charge in [-0.15, -0.1) is 0 Å². The first-order chi connectivity index (χ1) is 6.65. The highest BCUT2D eigenvalue weighted by molar-refractivity contribution is 6.33. The Morgan fingerprint density at radius 3 is 2.86 bits per heavy atom. The monoisotopic (exact) mass is 231 g/mol. The second-order valence-corrected chi connectivity index (χ2v) is 3.67. The van der Waals surface area contributed by atoms with E-state index in [-0.39, 0.29) is 0 Å². The lowest BCUT2D eigenvalue weighted by molar-refractivity contribution is 0.387. The largest absolute Gasteiger partial charge is 0.461 e. The topological polar surface area (TPSA) is 21.6 Å². The third kappa shape index (κ3) is 2.89. The van der Waals surface area contributed by atoms with Crippen LogP contribution < -0.4 is 0 Å². The molecule has 2 nitrogen and oxygen atoms in total. The van der Waals surface area contributed by atoms with Gasteiger partial charge < -0.3 is 4.74 Å². The molecule has 14 heavy (non-hydrogen) atoms. The van der Waals surface area contributed by atoms with Gasteiger partial charge in [-0.1, -0.05) is 30.1 Å². The molecule has 76 valence electrons. The highest BCUT2D eigenvalue weighted by atomic mass is 35.5. The highest BCUT2D eigenvalue weighted by Crippen LogP contribution is 2.20. The lowest BCUT2D eigenvalue weighted by atomic mass is 10.3. The number of hydrogen-bond donors (Lipinski definition) is 0. The zero-order chi connectivity index (χ0) is 10.6. The fraction of sp³-hybridized carbons (Fsp3) is 0.300. The first kappa shape index (κ1) is 11.3. The quantitative estimate of drug-likeness (QED) is 0.661. The van der Waals surface area contributed by atoms with Crippen molar-refractivity contribution in [2.75, 3.05) is 0 Å². The molecule has 0 aromatic carbocycles. The van der Waals surface area contributed by atoms with Crippen LogP contribution in [0.25, 0.3) is 0 Å². The normalized spacial score (nSPS) is 22.9. The third-order valence-electron chi connectivity index (χ3n) is 1.56. The smallest absolute Gasteiger partial charge is 0.166 e. The lowest BCUT2D eigenvalue weighted by Gasteiger charge is -2.00. The van der Waals surface area contributed by atoms with E-state index in [2.05, 4.69) is 4.99 Å². The first-order valence-corrected chi connectivity index (χ1v) is 5.05. The van der Waals surface area contributed by atoms with Crippen molar-refractivity contribution in [3.05, 3.63) is 34.4 Å². The van der Waals surface area contributed by atoms with Crippen LogP contribution in [0.5, 0.6) is 0 Å². The summed E-state index contributed by atoms with van der Waals surface area (Å²) in [4.78, 5) is 4.16. The number of hydrogen-bond acceptors (Lipinski definition) is 2. The Kier molecular flexibility index (Phi) is 4.23. The second-order valence-electron chi connectivity index (χ2n) is 2.72. The van der Waals surface area contributed by atoms with E-state index in [1.165, 1.54) is 6.26 Å². The molecule has 0 amide bonds. The standard InChI is InChI=1S/C10H11Cl2NO/c1-3-4-9(12)13-8-5-6-14-10(8)7(2)11/h4-6H,3H2,1-2H3/b9-4+,10-7-,13-8-. The van der Waals surface area contributed by atoms with Gasteiger partial charge in [0.15, 0.2) is 5.76 Å². The molecule has 0 unspecified atom stereocenters. The van der Waals surface area contributed by atoms with Gasteiger partial charge in [0, 0.05) is 6.08 Å². The molecule has 1 heterocycles. The molecule has 0 saturated carbocycles. The van der Waals surface area contributed by atoms with Crippen LogP contribution in [0.2, 0.25) is 0 Å². The number of rotatable bonds is 2. The predicted molar refractivity (Wildman–Crippen MR) is 60.4 cm³/mol. The molecule has 0 aromatic rings. The van der Waals surface area contributed by atoms with Crippen molar-refractivity contribution in [2.45, 2.75) is 20.3 Å². The summed E-state index contributed by atoms with van der Waals surface area (Å²) < 4.78 is 5.16. The van der Waals surface area contributed by atoms with Gasteiger partial charge in [0.2, 0.25) is 0 Å². The van der Waals surface area contributed by atoms with Crippen molar-refractivity contribution < 1.29 is 4.74 Å². The number of allylic oxidation sites excluding steroid dienone is 3. The molecule has 0 spiro atoms. The van der Waals surface area contributed by atoms with Crippen molar-refractivity contribution >= 4 is 28.9 Å². The zero-order valence-electron chi connectivity index (χ0n) is 8.05. The highest BCUT2D eigenvalue weighted by Gasteiger charge is 2.14. The minimum Gasteiger partial charge on any atom is -0.461 e. The van der Waals surface area contributed by atoms with Gasteiger partial charge >= 0.3 is 0 Å². The van der Waals surface area contributed by atoms with Gasteiger partial charge in [-0.25, -0.2) is 4.99 Å².